The summed E-state index contributed by atoms with van der Waals surface area (Å²) in [6.45, 7) is 0.723. The van der Waals surface area contributed by atoms with Crippen LogP contribution < -0.4 is 0 Å². The van der Waals surface area contributed by atoms with E-state index in [0.29, 0.717) is 0 Å². The molecule has 0 bridgehead atoms. The number of aliphatic hydroxyl groups excluding tert-OH is 1. The topological polar surface area (TPSA) is 127 Å². The minimum absolute atomic E-state index is 0.00981. The van der Waals surface area contributed by atoms with E-state index >= 15 is 0 Å². The van der Waals surface area contributed by atoms with Crippen LogP contribution in [0.2, 0.25) is 0 Å². The van der Waals surface area contributed by atoms with E-state index in [1.54, 1.807) is 0 Å². The van der Waals surface area contributed by atoms with Gasteiger partial charge in [-0.15, -0.1) is 0 Å². The first-order valence-electron chi connectivity index (χ1n) is 4.15. The van der Waals surface area contributed by atoms with Gasteiger partial charge in [0.25, 0.3) is 5.75 Å². The molecule has 8 nitrogen and oxygen atoms in total. The summed E-state index contributed by atoms with van der Waals surface area (Å²) in [6.07, 6.45) is 0. The average molecular weight is 228 g/mol. The Hall–Kier alpha value is -2.22. The Morgan fingerprint density at radius 3 is 2.25 bits per heavy atom. The first-order chi connectivity index (χ1) is 7.40. The van der Waals surface area contributed by atoms with Gasteiger partial charge in [-0.3, -0.25) is 20.2 Å². The van der Waals surface area contributed by atoms with Gasteiger partial charge in [0, 0.05) is 11.6 Å². The first-order valence-corrected chi connectivity index (χ1v) is 4.15. The Bertz CT molecular complexity index is 470. The highest BCUT2D eigenvalue weighted by molar-refractivity contribution is 5.65. The fourth-order valence-corrected chi connectivity index (χ4v) is 1.32. The van der Waals surface area contributed by atoms with Crippen LogP contribution in [-0.4, -0.2) is 20.1 Å². The largest absolute Gasteiger partial charge is 0.497 e. The van der Waals surface area contributed by atoms with E-state index < -0.39 is 33.6 Å². The fraction of sp³-hybridized carbons (Fsp3) is 0.250. The van der Waals surface area contributed by atoms with Gasteiger partial charge in [-0.1, -0.05) is 0 Å². The number of phenolic OH excluding ortho intramolecular Hbond substituents is 1. The zero-order valence-electron chi connectivity index (χ0n) is 8.21. The number of nitro groups is 2. The maximum absolute atomic E-state index is 10.6. The molecular weight excluding hydrogens is 220 g/mol. The van der Waals surface area contributed by atoms with Crippen LogP contribution in [0.3, 0.4) is 0 Å². The molecule has 8 heteroatoms. The van der Waals surface area contributed by atoms with Crippen molar-refractivity contribution in [3.8, 4) is 5.75 Å². The molecule has 0 saturated heterocycles. The standard InChI is InChI=1S/C8H8N2O6/c1-4-5(3-11)2-6(9(13)14)8(12)7(4)10(15)16/h2,11-12H,3H2,1H3. The third kappa shape index (κ3) is 1.77. The number of aromatic hydroxyl groups is 1. The molecule has 0 aliphatic rings. The molecule has 2 N–H and O–H groups in total. The van der Waals surface area contributed by atoms with Crippen LogP contribution in [0.1, 0.15) is 11.1 Å². The summed E-state index contributed by atoms with van der Waals surface area (Å²) < 4.78 is 0. The summed E-state index contributed by atoms with van der Waals surface area (Å²) in [7, 11) is 0. The number of phenols is 1. The lowest BCUT2D eigenvalue weighted by atomic mass is 10.1. The Morgan fingerprint density at radius 2 is 1.88 bits per heavy atom. The molecule has 1 rings (SSSR count). The van der Waals surface area contributed by atoms with Crippen LogP contribution >= 0.6 is 0 Å². The molecule has 0 saturated carbocycles. The maximum atomic E-state index is 10.6. The third-order valence-electron chi connectivity index (χ3n) is 2.16. The van der Waals surface area contributed by atoms with Gasteiger partial charge < -0.3 is 10.2 Å². The lowest BCUT2D eigenvalue weighted by Crippen LogP contribution is -2.01. The molecule has 0 heterocycles. The second-order valence-electron chi connectivity index (χ2n) is 3.05. The van der Waals surface area contributed by atoms with E-state index in [4.69, 9.17) is 5.11 Å². The molecular formula is C8H8N2O6. The van der Waals surface area contributed by atoms with Gasteiger partial charge in [-0.05, 0) is 12.5 Å². The van der Waals surface area contributed by atoms with Crippen molar-refractivity contribution in [3.05, 3.63) is 37.4 Å². The second-order valence-corrected chi connectivity index (χ2v) is 3.05. The molecule has 0 fully saturated rings. The maximum Gasteiger partial charge on any atom is 0.321 e. The summed E-state index contributed by atoms with van der Waals surface area (Å²) in [4.78, 5) is 19.3. The van der Waals surface area contributed by atoms with E-state index in [2.05, 4.69) is 0 Å². The molecule has 16 heavy (non-hydrogen) atoms. The molecule has 0 atom stereocenters. The van der Waals surface area contributed by atoms with Crippen molar-refractivity contribution < 1.29 is 20.1 Å². The van der Waals surface area contributed by atoms with Gasteiger partial charge in [0.2, 0.25) is 0 Å². The summed E-state index contributed by atoms with van der Waals surface area (Å²) in [5.41, 5.74) is -1.49. The number of hydrogen-bond donors (Lipinski definition) is 2. The highest BCUT2D eigenvalue weighted by Gasteiger charge is 2.29. The van der Waals surface area contributed by atoms with Crippen LogP contribution in [0.4, 0.5) is 11.4 Å². The fourth-order valence-electron chi connectivity index (χ4n) is 1.32. The molecule has 0 aliphatic heterocycles. The minimum Gasteiger partial charge on any atom is -0.497 e. The Morgan fingerprint density at radius 1 is 1.31 bits per heavy atom. The lowest BCUT2D eigenvalue weighted by Gasteiger charge is -2.05. The Balaban J connectivity index is 3.64. The van der Waals surface area contributed by atoms with Crippen LogP contribution in [0.25, 0.3) is 0 Å². The van der Waals surface area contributed by atoms with Crippen molar-refractivity contribution >= 4 is 11.4 Å². The monoisotopic (exact) mass is 228 g/mol. The van der Waals surface area contributed by atoms with Gasteiger partial charge in [0.1, 0.15) is 0 Å². The van der Waals surface area contributed by atoms with Crippen molar-refractivity contribution in [3.63, 3.8) is 0 Å². The number of rotatable bonds is 3. The summed E-state index contributed by atoms with van der Waals surface area (Å²) in [5.74, 6) is -0.996. The molecule has 86 valence electrons. The van der Waals surface area contributed by atoms with Gasteiger partial charge in [0.15, 0.2) is 0 Å². The highest BCUT2D eigenvalue weighted by atomic mass is 16.6. The van der Waals surface area contributed by atoms with Crippen molar-refractivity contribution in [2.24, 2.45) is 0 Å². The van der Waals surface area contributed by atoms with Gasteiger partial charge in [0.05, 0.1) is 16.5 Å². The molecule has 0 unspecified atom stereocenters. The predicted molar refractivity (Wildman–Crippen MR) is 52.1 cm³/mol. The van der Waals surface area contributed by atoms with E-state index in [-0.39, 0.29) is 11.1 Å². The van der Waals surface area contributed by atoms with Crippen molar-refractivity contribution in [1.82, 2.24) is 0 Å². The smallest absolute Gasteiger partial charge is 0.321 e. The Kier molecular flexibility index (Phi) is 3.04. The molecule has 0 spiro atoms. The number of nitrogens with zero attached hydrogens (tertiary/aromatic N) is 2. The summed E-state index contributed by atoms with van der Waals surface area (Å²) in [5, 5.41) is 39.4. The third-order valence-corrected chi connectivity index (χ3v) is 2.16. The van der Waals surface area contributed by atoms with E-state index in [9.17, 15) is 25.3 Å². The highest BCUT2D eigenvalue weighted by Crippen LogP contribution is 2.39. The zero-order valence-corrected chi connectivity index (χ0v) is 8.21. The van der Waals surface area contributed by atoms with Gasteiger partial charge in [-0.25, -0.2) is 0 Å². The van der Waals surface area contributed by atoms with E-state index in [0.717, 1.165) is 6.07 Å². The van der Waals surface area contributed by atoms with E-state index in [1.807, 2.05) is 0 Å². The van der Waals surface area contributed by atoms with Gasteiger partial charge in [-0.2, -0.15) is 0 Å². The molecule has 0 amide bonds. The lowest BCUT2D eigenvalue weighted by molar-refractivity contribution is -0.396. The van der Waals surface area contributed by atoms with Crippen LogP contribution in [0.5, 0.6) is 5.75 Å². The molecule has 1 aromatic rings. The number of nitro benzene ring substituents is 2. The van der Waals surface area contributed by atoms with Crippen LogP contribution in [0, 0.1) is 27.2 Å². The molecule has 0 aliphatic carbocycles. The van der Waals surface area contributed by atoms with Crippen LogP contribution in [-0.2, 0) is 6.61 Å². The van der Waals surface area contributed by atoms with Crippen LogP contribution in [0.15, 0.2) is 6.07 Å². The quantitative estimate of drug-likeness (QED) is 0.587. The van der Waals surface area contributed by atoms with Crippen molar-refractivity contribution in [2.75, 3.05) is 0 Å². The summed E-state index contributed by atoms with van der Waals surface area (Å²) in [6, 6.07) is 0.914. The Labute approximate surface area is 89.1 Å². The predicted octanol–water partition coefficient (Wildman–Crippen LogP) is 1.01. The number of hydrogen-bond acceptors (Lipinski definition) is 6. The normalized spacial score (nSPS) is 10.1. The molecule has 0 radical (unpaired) electrons. The molecule has 1 aromatic carbocycles. The second kappa shape index (κ2) is 4.11. The van der Waals surface area contributed by atoms with Crippen molar-refractivity contribution in [1.29, 1.82) is 0 Å². The van der Waals surface area contributed by atoms with Gasteiger partial charge >= 0.3 is 11.4 Å². The molecule has 0 aromatic heterocycles. The SMILES string of the molecule is Cc1c(CO)cc([N+](=O)[O-])c(O)c1[N+](=O)[O-]. The van der Waals surface area contributed by atoms with E-state index in [1.165, 1.54) is 6.92 Å². The van der Waals surface area contributed by atoms with Crippen molar-refractivity contribution in [2.45, 2.75) is 13.5 Å². The minimum atomic E-state index is -0.996. The number of aliphatic hydroxyl groups is 1. The zero-order chi connectivity index (χ0) is 12.5. The average Bonchev–Trinajstić information content (AvgIpc) is 2.16. The number of benzene rings is 1. The first kappa shape index (κ1) is 11.9. The summed E-state index contributed by atoms with van der Waals surface area (Å²) >= 11 is 0.